The lowest BCUT2D eigenvalue weighted by Crippen LogP contribution is -2.07. The molecule has 1 aromatic heterocycles. The number of rotatable bonds is 6. The van der Waals surface area contributed by atoms with Gasteiger partial charge >= 0.3 is 0 Å². The molecule has 2 rings (SSSR count). The lowest BCUT2D eigenvalue weighted by atomic mass is 10.2. The van der Waals surface area contributed by atoms with E-state index < -0.39 is 0 Å². The maximum absolute atomic E-state index is 5.85. The molecule has 0 saturated carbocycles. The van der Waals surface area contributed by atoms with Crippen LogP contribution in [-0.2, 0) is 0 Å². The zero-order valence-corrected chi connectivity index (χ0v) is 14.1. The summed E-state index contributed by atoms with van der Waals surface area (Å²) in [6, 6.07) is 9.54. The number of benzene rings is 1. The van der Waals surface area contributed by atoms with Gasteiger partial charge in [0.2, 0.25) is 5.88 Å². The van der Waals surface area contributed by atoms with Gasteiger partial charge in [-0.1, -0.05) is 42.8 Å². The minimum atomic E-state index is 0.248. The molecule has 0 amide bonds. The summed E-state index contributed by atoms with van der Waals surface area (Å²) in [7, 11) is 0. The normalized spacial score (nSPS) is 10.7. The maximum Gasteiger partial charge on any atom is 0.224 e. The van der Waals surface area contributed by atoms with Crippen LogP contribution in [0.15, 0.2) is 34.8 Å². The van der Waals surface area contributed by atoms with Crippen molar-refractivity contribution in [1.82, 2.24) is 9.97 Å². The van der Waals surface area contributed by atoms with Crippen molar-refractivity contribution in [3.63, 3.8) is 0 Å². The van der Waals surface area contributed by atoms with Crippen molar-refractivity contribution >= 4 is 21.7 Å². The Hall–Kier alpha value is -1.62. The summed E-state index contributed by atoms with van der Waals surface area (Å²) in [5.41, 5.74) is 0. The molecular weight excluding hydrogens is 330 g/mol. The number of ether oxygens (including phenoxy) is 1. The standard InChI is InChI=1S/C16H20BrN3O/c1-4-8-18-14-10-15(20-16(19-14)11(2)3)21-13-7-5-6-12(17)9-13/h5-7,9-11H,4,8H2,1-3H3,(H,18,19,20). The SMILES string of the molecule is CCCNc1cc(Oc2cccc(Br)c2)nc(C(C)C)n1. The van der Waals surface area contributed by atoms with Crippen LogP contribution in [0.1, 0.15) is 38.9 Å². The van der Waals surface area contributed by atoms with Gasteiger partial charge < -0.3 is 10.1 Å². The molecular formula is C16H20BrN3O. The Morgan fingerprint density at radius 3 is 2.71 bits per heavy atom. The second-order valence-corrected chi connectivity index (χ2v) is 6.01. The number of nitrogens with zero attached hydrogens (tertiary/aromatic N) is 2. The van der Waals surface area contributed by atoms with Gasteiger partial charge in [0.1, 0.15) is 17.4 Å². The van der Waals surface area contributed by atoms with Gasteiger partial charge in [0.15, 0.2) is 0 Å². The van der Waals surface area contributed by atoms with Gasteiger partial charge in [-0.3, -0.25) is 0 Å². The Morgan fingerprint density at radius 2 is 2.05 bits per heavy atom. The number of aromatic nitrogens is 2. The van der Waals surface area contributed by atoms with Crippen molar-refractivity contribution in [3.05, 3.63) is 40.6 Å². The maximum atomic E-state index is 5.85. The van der Waals surface area contributed by atoms with Crippen LogP contribution in [-0.4, -0.2) is 16.5 Å². The molecule has 5 heteroatoms. The molecule has 0 aliphatic carbocycles. The van der Waals surface area contributed by atoms with E-state index in [1.165, 1.54) is 0 Å². The average molecular weight is 350 g/mol. The summed E-state index contributed by atoms with van der Waals surface area (Å²) in [6.07, 6.45) is 1.04. The molecule has 0 unspecified atom stereocenters. The molecule has 4 nitrogen and oxygen atoms in total. The third-order valence-electron chi connectivity index (χ3n) is 2.81. The van der Waals surface area contributed by atoms with Crippen LogP contribution in [0.25, 0.3) is 0 Å². The Kier molecular flexibility index (Phi) is 5.56. The van der Waals surface area contributed by atoms with Crippen molar-refractivity contribution in [3.8, 4) is 11.6 Å². The zero-order chi connectivity index (χ0) is 15.2. The minimum Gasteiger partial charge on any atom is -0.439 e. The number of nitrogens with one attached hydrogen (secondary N) is 1. The largest absolute Gasteiger partial charge is 0.439 e. The van der Waals surface area contributed by atoms with E-state index in [4.69, 9.17) is 4.74 Å². The number of hydrogen-bond donors (Lipinski definition) is 1. The highest BCUT2D eigenvalue weighted by Gasteiger charge is 2.09. The van der Waals surface area contributed by atoms with E-state index in [2.05, 4.69) is 52.0 Å². The van der Waals surface area contributed by atoms with Crippen LogP contribution < -0.4 is 10.1 Å². The van der Waals surface area contributed by atoms with Crippen molar-refractivity contribution < 1.29 is 4.74 Å². The highest BCUT2D eigenvalue weighted by molar-refractivity contribution is 9.10. The first-order chi connectivity index (χ1) is 10.1. The van der Waals surface area contributed by atoms with E-state index in [-0.39, 0.29) is 5.92 Å². The fraction of sp³-hybridized carbons (Fsp3) is 0.375. The molecule has 112 valence electrons. The Morgan fingerprint density at radius 1 is 1.24 bits per heavy atom. The monoisotopic (exact) mass is 349 g/mol. The van der Waals surface area contributed by atoms with Crippen molar-refractivity contribution in [2.45, 2.75) is 33.1 Å². The smallest absolute Gasteiger partial charge is 0.224 e. The van der Waals surface area contributed by atoms with Gasteiger partial charge in [-0.2, -0.15) is 4.98 Å². The zero-order valence-electron chi connectivity index (χ0n) is 12.6. The van der Waals surface area contributed by atoms with E-state index in [1.807, 2.05) is 30.3 Å². The van der Waals surface area contributed by atoms with Crippen LogP contribution in [0, 0.1) is 0 Å². The predicted octanol–water partition coefficient (Wildman–Crippen LogP) is 4.98. The summed E-state index contributed by atoms with van der Waals surface area (Å²) in [4.78, 5) is 9.00. The first kappa shape index (κ1) is 15.8. The van der Waals surface area contributed by atoms with Crippen molar-refractivity contribution in [2.24, 2.45) is 0 Å². The molecule has 0 aliphatic rings. The van der Waals surface area contributed by atoms with Gasteiger partial charge in [-0.05, 0) is 24.6 Å². The van der Waals surface area contributed by atoms with Crippen LogP contribution in [0.5, 0.6) is 11.6 Å². The molecule has 1 heterocycles. The molecule has 0 saturated heterocycles. The molecule has 0 radical (unpaired) electrons. The Balaban J connectivity index is 2.26. The van der Waals surface area contributed by atoms with Crippen LogP contribution in [0.4, 0.5) is 5.82 Å². The summed E-state index contributed by atoms with van der Waals surface area (Å²) in [5.74, 6) is 3.14. The van der Waals surface area contributed by atoms with Gasteiger partial charge in [0.05, 0.1) is 0 Å². The molecule has 1 N–H and O–H groups in total. The first-order valence-electron chi connectivity index (χ1n) is 7.14. The third-order valence-corrected chi connectivity index (χ3v) is 3.30. The second kappa shape index (κ2) is 7.41. The predicted molar refractivity (Wildman–Crippen MR) is 89.1 cm³/mol. The number of halogens is 1. The molecule has 0 atom stereocenters. The van der Waals surface area contributed by atoms with Gasteiger partial charge in [-0.15, -0.1) is 0 Å². The average Bonchev–Trinajstić information content (AvgIpc) is 2.45. The van der Waals surface area contributed by atoms with Crippen molar-refractivity contribution in [2.75, 3.05) is 11.9 Å². The molecule has 0 spiro atoms. The lowest BCUT2D eigenvalue weighted by Gasteiger charge is -2.12. The van der Waals surface area contributed by atoms with E-state index >= 15 is 0 Å². The van der Waals surface area contributed by atoms with E-state index in [0.717, 1.165) is 34.8 Å². The van der Waals surface area contributed by atoms with Gasteiger partial charge in [0, 0.05) is 23.0 Å². The molecule has 0 aliphatic heterocycles. The van der Waals surface area contributed by atoms with Crippen LogP contribution in [0.2, 0.25) is 0 Å². The summed E-state index contributed by atoms with van der Waals surface area (Å²) >= 11 is 3.44. The van der Waals surface area contributed by atoms with Gasteiger partial charge in [-0.25, -0.2) is 4.98 Å². The van der Waals surface area contributed by atoms with Gasteiger partial charge in [0.25, 0.3) is 0 Å². The fourth-order valence-corrected chi connectivity index (χ4v) is 2.13. The highest BCUT2D eigenvalue weighted by atomic mass is 79.9. The topological polar surface area (TPSA) is 47.0 Å². The van der Waals surface area contributed by atoms with E-state index in [9.17, 15) is 0 Å². The highest BCUT2D eigenvalue weighted by Crippen LogP contribution is 2.25. The summed E-state index contributed by atoms with van der Waals surface area (Å²) in [5, 5.41) is 3.29. The first-order valence-corrected chi connectivity index (χ1v) is 7.94. The minimum absolute atomic E-state index is 0.248. The van der Waals surface area contributed by atoms with Crippen LogP contribution >= 0.6 is 15.9 Å². The quantitative estimate of drug-likeness (QED) is 0.798. The van der Waals surface area contributed by atoms with Crippen molar-refractivity contribution in [1.29, 1.82) is 0 Å². The molecule has 21 heavy (non-hydrogen) atoms. The number of hydrogen-bond acceptors (Lipinski definition) is 4. The summed E-state index contributed by atoms with van der Waals surface area (Å²) in [6.45, 7) is 7.14. The second-order valence-electron chi connectivity index (χ2n) is 5.09. The fourth-order valence-electron chi connectivity index (χ4n) is 1.75. The molecule has 0 fully saturated rings. The molecule has 0 bridgehead atoms. The Labute approximate surface area is 134 Å². The molecule has 2 aromatic rings. The number of anilines is 1. The molecule has 1 aromatic carbocycles. The third kappa shape index (κ3) is 4.70. The van der Waals surface area contributed by atoms with Crippen LogP contribution in [0.3, 0.4) is 0 Å². The lowest BCUT2D eigenvalue weighted by molar-refractivity contribution is 0.457. The van der Waals surface area contributed by atoms with E-state index in [1.54, 1.807) is 0 Å². The summed E-state index contributed by atoms with van der Waals surface area (Å²) < 4.78 is 6.82. The Bertz CT molecular complexity index is 602. The van der Waals surface area contributed by atoms with E-state index in [0.29, 0.717) is 5.88 Å².